The number of hydrogen-bond acceptors (Lipinski definition) is 3. The van der Waals surface area contributed by atoms with E-state index in [-0.39, 0.29) is 21.0 Å². The van der Waals surface area contributed by atoms with Gasteiger partial charge < -0.3 is 4.74 Å². The van der Waals surface area contributed by atoms with Crippen LogP contribution in [0.3, 0.4) is 0 Å². The lowest BCUT2D eigenvalue weighted by molar-refractivity contribution is 0.268. The lowest BCUT2D eigenvalue weighted by Gasteiger charge is -2.32. The molecular formula is C13H17Cl2NO3S. The first-order chi connectivity index (χ1) is 9.37. The molecule has 112 valence electrons. The summed E-state index contributed by atoms with van der Waals surface area (Å²) in [4.78, 5) is 0.0405. The summed E-state index contributed by atoms with van der Waals surface area (Å²) in [5.74, 6) is 0.363. The number of piperidine rings is 1. The summed E-state index contributed by atoms with van der Waals surface area (Å²) in [6.45, 7) is 2.43. The molecule has 4 nitrogen and oxygen atoms in total. The van der Waals surface area contributed by atoms with E-state index in [1.165, 1.54) is 23.5 Å². The van der Waals surface area contributed by atoms with Gasteiger partial charge in [-0.25, -0.2) is 8.42 Å². The number of halogens is 2. The molecule has 0 saturated carbocycles. The first-order valence-electron chi connectivity index (χ1n) is 6.43. The van der Waals surface area contributed by atoms with E-state index in [1.807, 2.05) is 6.92 Å². The molecule has 1 atom stereocenters. The number of rotatable bonds is 3. The van der Waals surface area contributed by atoms with Crippen LogP contribution in [0.5, 0.6) is 5.75 Å². The number of hydrogen-bond donors (Lipinski definition) is 0. The maximum Gasteiger partial charge on any atom is 0.244 e. The molecular weight excluding hydrogens is 321 g/mol. The minimum Gasteiger partial charge on any atom is -0.495 e. The Morgan fingerprint density at radius 3 is 2.55 bits per heavy atom. The van der Waals surface area contributed by atoms with Gasteiger partial charge in [-0.1, -0.05) is 29.6 Å². The van der Waals surface area contributed by atoms with Crippen LogP contribution in [0.2, 0.25) is 10.0 Å². The summed E-state index contributed by atoms with van der Waals surface area (Å²) in [7, 11) is -2.17. The average molecular weight is 338 g/mol. The van der Waals surface area contributed by atoms with E-state index in [0.29, 0.717) is 12.3 Å². The molecule has 1 aliphatic rings. The van der Waals surface area contributed by atoms with Crippen LogP contribution in [0.1, 0.15) is 26.2 Å². The second kappa shape index (κ2) is 6.10. The van der Waals surface area contributed by atoms with E-state index in [2.05, 4.69) is 0 Å². The summed E-state index contributed by atoms with van der Waals surface area (Å²) in [5.41, 5.74) is 0. The van der Waals surface area contributed by atoms with Crippen molar-refractivity contribution in [1.29, 1.82) is 0 Å². The number of nitrogens with zero attached hydrogens (tertiary/aromatic N) is 1. The Kier molecular flexibility index (Phi) is 4.84. The summed E-state index contributed by atoms with van der Waals surface area (Å²) in [6.07, 6.45) is 2.77. The van der Waals surface area contributed by atoms with E-state index < -0.39 is 10.0 Å². The predicted octanol–water partition coefficient (Wildman–Crippen LogP) is 3.57. The van der Waals surface area contributed by atoms with Crippen molar-refractivity contribution in [2.45, 2.75) is 37.1 Å². The second-order valence-electron chi connectivity index (χ2n) is 4.88. The molecule has 0 aromatic heterocycles. The molecule has 7 heteroatoms. The Bertz CT molecular complexity index is 604. The molecule has 0 aliphatic carbocycles. The molecule has 1 saturated heterocycles. The summed E-state index contributed by atoms with van der Waals surface area (Å²) in [6, 6.07) is 2.77. The standard InChI is InChI=1S/C13H17Cl2NO3S/c1-9-5-3-4-6-16(9)20(17,18)13-8-10(14)12(19-2)7-11(13)15/h7-9H,3-6H2,1-2H3/t9-/m1/s1. The summed E-state index contributed by atoms with van der Waals surface area (Å²) in [5, 5.41) is 0.365. The van der Waals surface area contributed by atoms with Crippen LogP contribution in [0.25, 0.3) is 0 Å². The highest BCUT2D eigenvalue weighted by Crippen LogP contribution is 2.36. The van der Waals surface area contributed by atoms with Gasteiger partial charge in [0.15, 0.2) is 0 Å². The van der Waals surface area contributed by atoms with Crippen molar-refractivity contribution in [3.05, 3.63) is 22.2 Å². The van der Waals surface area contributed by atoms with Gasteiger partial charge in [-0.15, -0.1) is 0 Å². The van der Waals surface area contributed by atoms with Crippen molar-refractivity contribution >= 4 is 33.2 Å². The van der Waals surface area contributed by atoms with Gasteiger partial charge in [-0.3, -0.25) is 0 Å². The Labute approximate surface area is 129 Å². The van der Waals surface area contributed by atoms with E-state index in [0.717, 1.165) is 19.3 Å². The van der Waals surface area contributed by atoms with E-state index >= 15 is 0 Å². The second-order valence-corrected chi connectivity index (χ2v) is 7.55. The minimum absolute atomic E-state index is 0.0225. The zero-order chi connectivity index (χ0) is 14.9. The zero-order valence-electron chi connectivity index (χ0n) is 11.4. The summed E-state index contributed by atoms with van der Waals surface area (Å²) >= 11 is 12.1. The average Bonchev–Trinajstić information content (AvgIpc) is 2.41. The molecule has 1 aromatic rings. The molecule has 1 heterocycles. The van der Waals surface area contributed by atoms with Crippen LogP contribution in [0.15, 0.2) is 17.0 Å². The lowest BCUT2D eigenvalue weighted by atomic mass is 10.1. The third-order valence-electron chi connectivity index (χ3n) is 3.53. The van der Waals surface area contributed by atoms with Gasteiger partial charge in [-0.05, 0) is 25.8 Å². The Hall–Kier alpha value is -0.490. The molecule has 2 rings (SSSR count). The quantitative estimate of drug-likeness (QED) is 0.847. The third-order valence-corrected chi connectivity index (χ3v) is 6.31. The molecule has 0 radical (unpaired) electrons. The molecule has 0 N–H and O–H groups in total. The molecule has 1 aliphatic heterocycles. The van der Waals surface area contributed by atoms with E-state index in [1.54, 1.807) is 0 Å². The van der Waals surface area contributed by atoms with Gasteiger partial charge in [-0.2, -0.15) is 4.31 Å². The number of ether oxygens (including phenoxy) is 1. The normalized spacial score (nSPS) is 20.9. The summed E-state index contributed by atoms with van der Waals surface area (Å²) < 4.78 is 32.0. The maximum absolute atomic E-state index is 12.7. The first kappa shape index (κ1) is 15.9. The van der Waals surface area contributed by atoms with Crippen molar-refractivity contribution in [1.82, 2.24) is 4.31 Å². The van der Waals surface area contributed by atoms with Crippen molar-refractivity contribution in [2.24, 2.45) is 0 Å². The third kappa shape index (κ3) is 2.91. The van der Waals surface area contributed by atoms with Gasteiger partial charge in [0.2, 0.25) is 10.0 Å². The van der Waals surface area contributed by atoms with Crippen LogP contribution in [0.4, 0.5) is 0 Å². The SMILES string of the molecule is COc1cc(Cl)c(S(=O)(=O)N2CCCC[C@H]2C)cc1Cl. The van der Waals surface area contributed by atoms with Crippen LogP contribution in [-0.4, -0.2) is 32.4 Å². The molecule has 0 bridgehead atoms. The molecule has 0 spiro atoms. The highest BCUT2D eigenvalue weighted by Gasteiger charge is 2.33. The van der Waals surface area contributed by atoms with Crippen LogP contribution < -0.4 is 4.74 Å². The van der Waals surface area contributed by atoms with Crippen LogP contribution in [-0.2, 0) is 10.0 Å². The maximum atomic E-state index is 12.7. The Morgan fingerprint density at radius 1 is 1.25 bits per heavy atom. The smallest absolute Gasteiger partial charge is 0.244 e. The molecule has 0 amide bonds. The highest BCUT2D eigenvalue weighted by molar-refractivity contribution is 7.89. The fourth-order valence-electron chi connectivity index (χ4n) is 2.42. The highest BCUT2D eigenvalue weighted by atomic mass is 35.5. The molecule has 20 heavy (non-hydrogen) atoms. The van der Waals surface area contributed by atoms with E-state index in [9.17, 15) is 8.42 Å². The Balaban J connectivity index is 2.46. The zero-order valence-corrected chi connectivity index (χ0v) is 13.7. The number of methoxy groups -OCH3 is 1. The largest absolute Gasteiger partial charge is 0.495 e. The monoisotopic (exact) mass is 337 g/mol. The van der Waals surface area contributed by atoms with Gasteiger partial charge in [0.05, 0.1) is 17.2 Å². The predicted molar refractivity (Wildman–Crippen MR) is 80.2 cm³/mol. The minimum atomic E-state index is -3.63. The fraction of sp³-hybridized carbons (Fsp3) is 0.538. The molecule has 1 fully saturated rings. The van der Waals surface area contributed by atoms with E-state index in [4.69, 9.17) is 27.9 Å². The number of benzene rings is 1. The fourth-order valence-corrected chi connectivity index (χ4v) is 4.94. The topological polar surface area (TPSA) is 46.6 Å². The van der Waals surface area contributed by atoms with Gasteiger partial charge >= 0.3 is 0 Å². The van der Waals surface area contributed by atoms with Crippen LogP contribution in [0, 0.1) is 0 Å². The lowest BCUT2D eigenvalue weighted by Crippen LogP contribution is -2.42. The first-order valence-corrected chi connectivity index (χ1v) is 8.62. The van der Waals surface area contributed by atoms with Crippen LogP contribution >= 0.6 is 23.2 Å². The van der Waals surface area contributed by atoms with Gasteiger partial charge in [0.25, 0.3) is 0 Å². The molecule has 1 aromatic carbocycles. The van der Waals surface area contributed by atoms with Crippen molar-refractivity contribution in [3.8, 4) is 5.75 Å². The van der Waals surface area contributed by atoms with Gasteiger partial charge in [0, 0.05) is 18.7 Å². The van der Waals surface area contributed by atoms with Crippen molar-refractivity contribution in [3.63, 3.8) is 0 Å². The number of sulfonamides is 1. The Morgan fingerprint density at radius 2 is 1.95 bits per heavy atom. The molecule has 0 unspecified atom stereocenters. The van der Waals surface area contributed by atoms with Crippen molar-refractivity contribution < 1.29 is 13.2 Å². The van der Waals surface area contributed by atoms with Gasteiger partial charge in [0.1, 0.15) is 10.6 Å². The van der Waals surface area contributed by atoms with Crippen molar-refractivity contribution in [2.75, 3.05) is 13.7 Å².